The lowest BCUT2D eigenvalue weighted by Gasteiger charge is -2.19. The van der Waals surface area contributed by atoms with E-state index in [0.717, 1.165) is 59.2 Å². The minimum Gasteiger partial charge on any atom is -0.489 e. The Hall–Kier alpha value is -3.40. The molecule has 0 radical (unpaired) electrons. The molecule has 1 heterocycles. The molecule has 2 aromatic rings. The summed E-state index contributed by atoms with van der Waals surface area (Å²) in [7, 11) is 2.81. The second kappa shape index (κ2) is 21.6. The number of esters is 2. The van der Waals surface area contributed by atoms with Crippen molar-refractivity contribution in [3.63, 3.8) is 0 Å². The Labute approximate surface area is 301 Å². The van der Waals surface area contributed by atoms with Gasteiger partial charge >= 0.3 is 11.9 Å². The lowest BCUT2D eigenvalue weighted by molar-refractivity contribution is -0.141. The van der Waals surface area contributed by atoms with E-state index in [4.69, 9.17) is 9.47 Å². The largest absolute Gasteiger partial charge is 0.489 e. The van der Waals surface area contributed by atoms with Gasteiger partial charge in [0.1, 0.15) is 23.7 Å². The van der Waals surface area contributed by atoms with Gasteiger partial charge in [-0.1, -0.05) is 62.9 Å². The summed E-state index contributed by atoms with van der Waals surface area (Å²) in [5, 5.41) is 19.8. The van der Waals surface area contributed by atoms with Crippen molar-refractivity contribution in [2.45, 2.75) is 109 Å². The highest BCUT2D eigenvalue weighted by Gasteiger charge is 2.49. The molecule has 0 aromatic heterocycles. The number of benzene rings is 2. The smallest absolute Gasteiger partial charge is 0.305 e. The summed E-state index contributed by atoms with van der Waals surface area (Å²) in [4.78, 5) is 22.4. The minimum atomic E-state index is -0.430. The second-order valence-corrected chi connectivity index (χ2v) is 13.0. The fraction of sp³-hybridized carbons (Fsp3) is 0.500. The maximum atomic E-state index is 11.3. The van der Waals surface area contributed by atoms with E-state index >= 15 is 0 Å². The quantitative estimate of drug-likeness (QED) is 0.156. The highest BCUT2D eigenvalue weighted by Crippen LogP contribution is 2.52. The number of fused-ring (bicyclic) bond motifs is 3. The minimum absolute atomic E-state index is 0. The number of ether oxygens (including phenoxy) is 4. The van der Waals surface area contributed by atoms with Gasteiger partial charge in [-0.2, -0.15) is 0 Å². The first-order valence-electron chi connectivity index (χ1n) is 16.8. The number of halogens is 1. The molecule has 0 saturated heterocycles. The van der Waals surface area contributed by atoms with Gasteiger partial charge in [0.05, 0.1) is 30.9 Å². The molecule has 270 valence electrons. The number of aryl methyl sites for hydroxylation is 2. The average molecular weight is 744 g/mol. The topological polar surface area (TPSA) is 112 Å². The number of methoxy groups -OCH3 is 2. The van der Waals surface area contributed by atoms with Crippen molar-refractivity contribution in [2.24, 2.45) is 5.92 Å². The van der Waals surface area contributed by atoms with Crippen LogP contribution >= 0.6 is 15.9 Å². The van der Waals surface area contributed by atoms with Crippen LogP contribution in [0.5, 0.6) is 11.5 Å². The van der Waals surface area contributed by atoms with E-state index in [1.54, 1.807) is 6.08 Å². The maximum absolute atomic E-state index is 11.3. The van der Waals surface area contributed by atoms with Crippen LogP contribution < -0.4 is 9.47 Å². The molecular formula is C40H55BrO8. The number of allylic oxidation sites excluding steroid dienone is 2. The summed E-state index contributed by atoms with van der Waals surface area (Å²) in [5.74, 6) is 1.81. The molecule has 8 nitrogen and oxygen atoms in total. The van der Waals surface area contributed by atoms with Gasteiger partial charge in [-0.3, -0.25) is 9.59 Å². The van der Waals surface area contributed by atoms with Gasteiger partial charge in [0.25, 0.3) is 0 Å². The Bertz CT molecular complexity index is 1390. The van der Waals surface area contributed by atoms with E-state index in [1.165, 1.54) is 19.8 Å². The third kappa shape index (κ3) is 12.2. The van der Waals surface area contributed by atoms with Crippen LogP contribution in [0.4, 0.5) is 0 Å². The van der Waals surface area contributed by atoms with Crippen LogP contribution in [-0.4, -0.2) is 60.8 Å². The predicted molar refractivity (Wildman–Crippen MR) is 198 cm³/mol. The highest BCUT2D eigenvalue weighted by molar-refractivity contribution is 9.10. The van der Waals surface area contributed by atoms with E-state index in [-0.39, 0.29) is 49.5 Å². The van der Waals surface area contributed by atoms with E-state index in [9.17, 15) is 19.8 Å². The molecule has 1 fully saturated rings. The van der Waals surface area contributed by atoms with Crippen molar-refractivity contribution in [3.05, 3.63) is 95.0 Å². The lowest BCUT2D eigenvalue weighted by atomic mass is 9.85. The Morgan fingerprint density at radius 3 is 2.12 bits per heavy atom. The lowest BCUT2D eigenvalue weighted by Crippen LogP contribution is -2.17. The zero-order valence-corrected chi connectivity index (χ0v) is 30.0. The number of carbonyl (C=O) groups excluding carboxylic acids is 2. The van der Waals surface area contributed by atoms with Crippen LogP contribution in [0, 0.1) is 5.92 Å². The first kappa shape index (κ1) is 41.8. The van der Waals surface area contributed by atoms with Crippen molar-refractivity contribution >= 4 is 27.9 Å². The van der Waals surface area contributed by atoms with Gasteiger partial charge < -0.3 is 29.2 Å². The number of hydrogen-bond acceptors (Lipinski definition) is 8. The first-order chi connectivity index (χ1) is 23.2. The summed E-state index contributed by atoms with van der Waals surface area (Å²) in [5.41, 5.74) is 3.39. The summed E-state index contributed by atoms with van der Waals surface area (Å²) in [6, 6.07) is 12.1. The standard InChI is InChI=1S/C19H24O4.C16H19BrO4.C4H8.CH4/c1-3-6-13-15(20)11-16-18(13)14-9-4-7-12(19(14)23-16)8-5-10-17(21)22-2;1-20-15(19)7-3-5-11-4-2-6-14(17)16(11)21-13-9-8-12(18)10-13;1-3-4-2;/h3-4,7,9,13,15-16,18,20H,1,5-6,8,10-11H2,2H3;2,4,6,8-9,12-13,18H,3,5,7,10H2,1H3;3H,1,4H2,2H3;1H4. The van der Waals surface area contributed by atoms with Crippen LogP contribution in [0.2, 0.25) is 0 Å². The van der Waals surface area contributed by atoms with Gasteiger partial charge in [0, 0.05) is 37.2 Å². The Morgan fingerprint density at radius 2 is 1.55 bits per heavy atom. The molecule has 0 bridgehead atoms. The maximum Gasteiger partial charge on any atom is 0.305 e. The molecule has 2 N–H and O–H groups in total. The highest BCUT2D eigenvalue weighted by atomic mass is 79.9. The molecule has 2 aromatic carbocycles. The van der Waals surface area contributed by atoms with Crippen LogP contribution in [0.15, 0.2) is 78.3 Å². The summed E-state index contributed by atoms with van der Waals surface area (Å²) in [6.45, 7) is 9.36. The fourth-order valence-corrected chi connectivity index (χ4v) is 6.80. The van der Waals surface area contributed by atoms with Gasteiger partial charge in [-0.15, -0.1) is 13.2 Å². The molecule has 0 amide bonds. The molecule has 1 saturated carbocycles. The van der Waals surface area contributed by atoms with Crippen LogP contribution in [-0.2, 0) is 31.9 Å². The predicted octanol–water partition coefficient (Wildman–Crippen LogP) is 8.22. The van der Waals surface area contributed by atoms with Crippen molar-refractivity contribution < 1.29 is 38.7 Å². The van der Waals surface area contributed by atoms with E-state index in [2.05, 4.69) is 57.6 Å². The van der Waals surface area contributed by atoms with E-state index in [1.807, 2.05) is 42.5 Å². The monoisotopic (exact) mass is 742 g/mol. The van der Waals surface area contributed by atoms with Crippen molar-refractivity contribution in [1.29, 1.82) is 0 Å². The van der Waals surface area contributed by atoms with Crippen molar-refractivity contribution in [3.8, 4) is 11.5 Å². The SMILES string of the molecule is C.C=CCC.C=CCC1C(O)CC2Oc3c(CCCC(=O)OC)cccc3C21.COC(=O)CCCc1cccc(Br)c1OC1C=CC(O)C1. The molecule has 6 atom stereocenters. The number of carbonyl (C=O) groups is 2. The van der Waals surface area contributed by atoms with Crippen molar-refractivity contribution in [2.75, 3.05) is 14.2 Å². The fourth-order valence-electron chi connectivity index (χ4n) is 6.30. The third-order valence-electron chi connectivity index (χ3n) is 8.76. The molecule has 6 unspecified atom stereocenters. The zero-order chi connectivity index (χ0) is 35.1. The van der Waals surface area contributed by atoms with Gasteiger partial charge in [0.15, 0.2) is 0 Å². The molecule has 3 aliphatic rings. The van der Waals surface area contributed by atoms with Gasteiger partial charge in [-0.05, 0) is 83.6 Å². The molecule has 2 aliphatic carbocycles. The molecule has 0 spiro atoms. The first-order valence-corrected chi connectivity index (χ1v) is 17.6. The molecule has 49 heavy (non-hydrogen) atoms. The van der Waals surface area contributed by atoms with E-state index < -0.39 is 6.10 Å². The number of para-hydroxylation sites is 2. The number of aliphatic hydroxyl groups is 2. The molecular weight excluding hydrogens is 688 g/mol. The Morgan fingerprint density at radius 1 is 0.939 bits per heavy atom. The van der Waals surface area contributed by atoms with Crippen LogP contribution in [0.25, 0.3) is 0 Å². The molecule has 5 rings (SSSR count). The van der Waals surface area contributed by atoms with Crippen molar-refractivity contribution in [1.82, 2.24) is 0 Å². The number of hydrogen-bond donors (Lipinski definition) is 2. The summed E-state index contributed by atoms with van der Waals surface area (Å²) >= 11 is 3.50. The van der Waals surface area contributed by atoms with Crippen LogP contribution in [0.1, 0.15) is 88.3 Å². The zero-order valence-electron chi connectivity index (χ0n) is 28.4. The molecule has 1 aliphatic heterocycles. The summed E-state index contributed by atoms with van der Waals surface area (Å²) < 4.78 is 22.4. The number of aliphatic hydroxyl groups excluding tert-OH is 2. The van der Waals surface area contributed by atoms with Crippen LogP contribution in [0.3, 0.4) is 0 Å². The molecule has 9 heteroatoms. The third-order valence-corrected chi connectivity index (χ3v) is 9.39. The number of rotatable bonds is 13. The Kier molecular flexibility index (Phi) is 18.4. The second-order valence-electron chi connectivity index (χ2n) is 12.1. The Balaban J connectivity index is 0.000000302. The summed E-state index contributed by atoms with van der Waals surface area (Å²) in [6.07, 6.45) is 13.5. The normalized spacial score (nSPS) is 22.4. The van der Waals surface area contributed by atoms with Gasteiger partial charge in [0.2, 0.25) is 0 Å². The van der Waals surface area contributed by atoms with Gasteiger partial charge in [-0.25, -0.2) is 0 Å². The average Bonchev–Trinajstić information content (AvgIpc) is 3.76. The van der Waals surface area contributed by atoms with E-state index in [0.29, 0.717) is 32.1 Å².